The highest BCUT2D eigenvalue weighted by Gasteiger charge is 2.13. The summed E-state index contributed by atoms with van der Waals surface area (Å²) in [6, 6.07) is 4.92. The first kappa shape index (κ1) is 8.68. The van der Waals surface area contributed by atoms with Gasteiger partial charge in [-0.15, -0.1) is 0 Å². The molecule has 0 aromatic heterocycles. The van der Waals surface area contributed by atoms with Crippen LogP contribution in [0.2, 0.25) is 0 Å². The van der Waals surface area contributed by atoms with Crippen molar-refractivity contribution in [3.8, 4) is 17.2 Å². The Hall–Kier alpha value is -1.91. The molecule has 0 spiro atoms. The number of aliphatic carboxylic acids is 1. The second-order valence-corrected chi connectivity index (χ2v) is 2.70. The third-order valence-corrected chi connectivity index (χ3v) is 1.71. The van der Waals surface area contributed by atoms with Crippen molar-refractivity contribution in [3.05, 3.63) is 18.2 Å². The van der Waals surface area contributed by atoms with Gasteiger partial charge in [-0.3, -0.25) is 0 Å². The van der Waals surface area contributed by atoms with Crippen LogP contribution in [0.4, 0.5) is 0 Å². The summed E-state index contributed by atoms with van der Waals surface area (Å²) in [7, 11) is 0. The van der Waals surface area contributed by atoms with Gasteiger partial charge in [-0.05, 0) is 12.1 Å². The van der Waals surface area contributed by atoms with Gasteiger partial charge in [0, 0.05) is 6.07 Å². The molecule has 0 bridgehead atoms. The largest absolute Gasteiger partial charge is 0.482 e. The van der Waals surface area contributed by atoms with Gasteiger partial charge in [0.2, 0.25) is 6.79 Å². The van der Waals surface area contributed by atoms with Crippen molar-refractivity contribution in [3.63, 3.8) is 0 Å². The summed E-state index contributed by atoms with van der Waals surface area (Å²) in [4.78, 5) is 10.2. The molecule has 0 atom stereocenters. The van der Waals surface area contributed by atoms with Crippen LogP contribution < -0.4 is 14.2 Å². The Morgan fingerprint density at radius 1 is 1.43 bits per heavy atom. The van der Waals surface area contributed by atoms with Crippen LogP contribution in [-0.2, 0) is 4.79 Å². The fourth-order valence-electron chi connectivity index (χ4n) is 1.11. The third kappa shape index (κ3) is 1.71. The van der Waals surface area contributed by atoms with Crippen LogP contribution in [0.1, 0.15) is 0 Å². The predicted molar refractivity (Wildman–Crippen MR) is 45.7 cm³/mol. The molecule has 1 aromatic rings. The Balaban J connectivity index is 2.09. The molecule has 0 radical (unpaired) electrons. The number of carboxylic acid groups (broad SMARTS) is 1. The van der Waals surface area contributed by atoms with E-state index in [9.17, 15) is 4.79 Å². The van der Waals surface area contributed by atoms with Crippen LogP contribution in [0, 0.1) is 0 Å². The lowest BCUT2D eigenvalue weighted by atomic mass is 10.3. The van der Waals surface area contributed by atoms with Crippen LogP contribution in [0.5, 0.6) is 17.2 Å². The second kappa shape index (κ2) is 3.45. The number of benzene rings is 1. The molecule has 14 heavy (non-hydrogen) atoms. The van der Waals surface area contributed by atoms with Crippen molar-refractivity contribution < 1.29 is 24.1 Å². The summed E-state index contributed by atoms with van der Waals surface area (Å²) in [6.45, 7) is -0.169. The van der Waals surface area contributed by atoms with Crippen molar-refractivity contribution >= 4 is 5.97 Å². The molecule has 1 aliphatic heterocycles. The van der Waals surface area contributed by atoms with E-state index >= 15 is 0 Å². The van der Waals surface area contributed by atoms with Gasteiger partial charge >= 0.3 is 5.97 Å². The predicted octanol–water partition coefficient (Wildman–Crippen LogP) is 0.879. The molecule has 0 unspecified atom stereocenters. The monoisotopic (exact) mass is 196 g/mol. The highest BCUT2D eigenvalue weighted by atomic mass is 16.7. The number of hydrogen-bond acceptors (Lipinski definition) is 4. The van der Waals surface area contributed by atoms with Gasteiger partial charge in [0.05, 0.1) is 0 Å². The van der Waals surface area contributed by atoms with E-state index in [0.29, 0.717) is 17.2 Å². The number of rotatable bonds is 3. The van der Waals surface area contributed by atoms with E-state index in [0.717, 1.165) is 0 Å². The molecule has 2 rings (SSSR count). The molecule has 0 amide bonds. The van der Waals surface area contributed by atoms with Gasteiger partial charge < -0.3 is 19.3 Å². The summed E-state index contributed by atoms with van der Waals surface area (Å²) >= 11 is 0. The van der Waals surface area contributed by atoms with E-state index in [1.54, 1.807) is 18.2 Å². The first-order chi connectivity index (χ1) is 6.75. The van der Waals surface area contributed by atoms with Gasteiger partial charge in [0.1, 0.15) is 5.75 Å². The lowest BCUT2D eigenvalue weighted by Crippen LogP contribution is -2.09. The zero-order valence-electron chi connectivity index (χ0n) is 7.23. The van der Waals surface area contributed by atoms with Crippen molar-refractivity contribution in [1.82, 2.24) is 0 Å². The van der Waals surface area contributed by atoms with Gasteiger partial charge in [-0.25, -0.2) is 4.79 Å². The van der Waals surface area contributed by atoms with Crippen LogP contribution in [0.15, 0.2) is 18.2 Å². The minimum atomic E-state index is -1.01. The molecule has 1 N–H and O–H groups in total. The Labute approximate surface area is 79.8 Å². The number of carboxylic acids is 1. The van der Waals surface area contributed by atoms with Crippen LogP contribution >= 0.6 is 0 Å². The normalized spacial score (nSPS) is 12.6. The molecule has 5 nitrogen and oxygen atoms in total. The van der Waals surface area contributed by atoms with Gasteiger partial charge in [0.15, 0.2) is 18.1 Å². The number of carbonyl (C=O) groups is 1. The minimum Gasteiger partial charge on any atom is -0.482 e. The van der Waals surface area contributed by atoms with E-state index in [1.165, 1.54) is 0 Å². The summed E-state index contributed by atoms with van der Waals surface area (Å²) in [5.74, 6) is 0.667. The van der Waals surface area contributed by atoms with Crippen molar-refractivity contribution in [1.29, 1.82) is 0 Å². The lowest BCUT2D eigenvalue weighted by Gasteiger charge is -2.03. The van der Waals surface area contributed by atoms with Gasteiger partial charge in [-0.1, -0.05) is 0 Å². The Morgan fingerprint density at radius 3 is 3.00 bits per heavy atom. The summed E-state index contributed by atoms with van der Waals surface area (Å²) in [5, 5.41) is 8.39. The highest BCUT2D eigenvalue weighted by Crippen LogP contribution is 2.34. The molecule has 74 valence electrons. The maximum absolute atomic E-state index is 10.2. The average Bonchev–Trinajstić information content (AvgIpc) is 2.61. The number of ether oxygens (including phenoxy) is 3. The second-order valence-electron chi connectivity index (χ2n) is 2.70. The smallest absolute Gasteiger partial charge is 0.341 e. The van der Waals surface area contributed by atoms with E-state index in [-0.39, 0.29) is 13.4 Å². The zero-order chi connectivity index (χ0) is 9.97. The van der Waals surface area contributed by atoms with E-state index in [2.05, 4.69) is 0 Å². The average molecular weight is 196 g/mol. The summed E-state index contributed by atoms with van der Waals surface area (Å²) in [6.07, 6.45) is 0. The molecular weight excluding hydrogens is 188 g/mol. The molecule has 0 saturated heterocycles. The third-order valence-electron chi connectivity index (χ3n) is 1.71. The van der Waals surface area contributed by atoms with E-state index < -0.39 is 5.97 Å². The first-order valence-corrected chi connectivity index (χ1v) is 4.00. The number of hydrogen-bond donors (Lipinski definition) is 1. The molecule has 0 saturated carbocycles. The van der Waals surface area contributed by atoms with E-state index in [4.69, 9.17) is 19.3 Å². The first-order valence-electron chi connectivity index (χ1n) is 4.00. The maximum Gasteiger partial charge on any atom is 0.341 e. The van der Waals surface area contributed by atoms with Crippen molar-refractivity contribution in [2.45, 2.75) is 0 Å². The van der Waals surface area contributed by atoms with Crippen molar-refractivity contribution in [2.75, 3.05) is 13.4 Å². The SMILES string of the molecule is O=C(O)COc1ccc2c(c1)OCO2. The number of fused-ring (bicyclic) bond motifs is 1. The van der Waals surface area contributed by atoms with Crippen LogP contribution in [0.25, 0.3) is 0 Å². The standard InChI is InChI=1S/C9H8O5/c10-9(11)4-12-6-1-2-7-8(3-6)14-5-13-7/h1-3H,4-5H2,(H,10,11). The van der Waals surface area contributed by atoms with Crippen LogP contribution in [-0.4, -0.2) is 24.5 Å². The summed E-state index contributed by atoms with van der Waals surface area (Å²) in [5.41, 5.74) is 0. The topological polar surface area (TPSA) is 65.0 Å². The fourth-order valence-corrected chi connectivity index (χ4v) is 1.11. The maximum atomic E-state index is 10.2. The molecule has 1 heterocycles. The highest BCUT2D eigenvalue weighted by molar-refractivity contribution is 5.68. The van der Waals surface area contributed by atoms with Crippen LogP contribution in [0.3, 0.4) is 0 Å². The molecular formula is C9H8O5. The Bertz CT molecular complexity index is 360. The molecule has 0 aliphatic carbocycles. The molecule has 1 aliphatic rings. The van der Waals surface area contributed by atoms with E-state index in [1.807, 2.05) is 0 Å². The molecule has 5 heteroatoms. The fraction of sp³-hybridized carbons (Fsp3) is 0.222. The Morgan fingerprint density at radius 2 is 2.21 bits per heavy atom. The molecule has 1 aromatic carbocycles. The van der Waals surface area contributed by atoms with Gasteiger partial charge in [0.25, 0.3) is 0 Å². The minimum absolute atomic E-state index is 0.192. The lowest BCUT2D eigenvalue weighted by molar-refractivity contribution is -0.139. The van der Waals surface area contributed by atoms with Gasteiger partial charge in [-0.2, -0.15) is 0 Å². The quantitative estimate of drug-likeness (QED) is 0.777. The van der Waals surface area contributed by atoms with Crippen molar-refractivity contribution in [2.24, 2.45) is 0 Å². The molecule has 0 fully saturated rings. The summed E-state index contributed by atoms with van der Waals surface area (Å²) < 4.78 is 15.1. The Kier molecular flexibility index (Phi) is 2.14. The zero-order valence-corrected chi connectivity index (χ0v) is 7.23.